The van der Waals surface area contributed by atoms with Crippen molar-refractivity contribution in [1.82, 2.24) is 5.43 Å². The van der Waals surface area contributed by atoms with Gasteiger partial charge in [-0.2, -0.15) is 5.10 Å². The second-order valence-electron chi connectivity index (χ2n) is 6.39. The van der Waals surface area contributed by atoms with Crippen molar-refractivity contribution in [3.05, 3.63) is 97.8 Å². The fourth-order valence-corrected chi connectivity index (χ4v) is 2.68. The number of carbonyl (C=O) groups is 1. The van der Waals surface area contributed by atoms with E-state index in [9.17, 15) is 29.4 Å². The lowest BCUT2D eigenvalue weighted by Crippen LogP contribution is -2.17. The number of halogens is 1. The predicted molar refractivity (Wildman–Crippen MR) is 114 cm³/mol. The third-order valence-electron chi connectivity index (χ3n) is 4.22. The number of nitrogens with zero attached hydrogens (tertiary/aromatic N) is 3. The van der Waals surface area contributed by atoms with E-state index >= 15 is 0 Å². The monoisotopic (exact) mass is 454 g/mol. The summed E-state index contributed by atoms with van der Waals surface area (Å²) in [6.45, 7) is 0. The number of amides is 1. The summed E-state index contributed by atoms with van der Waals surface area (Å²) < 4.78 is 24.0. The predicted octanol–water partition coefficient (Wildman–Crippen LogP) is 4.21. The van der Waals surface area contributed by atoms with Crippen molar-refractivity contribution in [1.29, 1.82) is 0 Å². The van der Waals surface area contributed by atoms with Crippen LogP contribution in [-0.4, -0.2) is 29.1 Å². The van der Waals surface area contributed by atoms with Gasteiger partial charge in [-0.15, -0.1) is 0 Å². The summed E-state index contributed by atoms with van der Waals surface area (Å²) >= 11 is 0. The van der Waals surface area contributed by atoms with Gasteiger partial charge in [0.2, 0.25) is 5.75 Å². The molecule has 0 aliphatic heterocycles. The molecule has 0 saturated carbocycles. The van der Waals surface area contributed by atoms with Crippen molar-refractivity contribution in [3.8, 4) is 17.2 Å². The molecule has 0 aliphatic rings. The first kappa shape index (κ1) is 22.8. The number of rotatable bonds is 8. The largest absolute Gasteiger partial charge is 0.493 e. The maximum Gasteiger partial charge on any atom is 0.318 e. The molecule has 1 N–H and O–H groups in total. The lowest BCUT2D eigenvalue weighted by molar-refractivity contribution is -0.394. The molecule has 0 aliphatic carbocycles. The van der Waals surface area contributed by atoms with Gasteiger partial charge < -0.3 is 9.47 Å². The Morgan fingerprint density at radius 3 is 2.42 bits per heavy atom. The molecule has 1 amide bonds. The average molecular weight is 454 g/mol. The molecule has 3 rings (SSSR count). The number of non-ortho nitro benzene ring substituents is 1. The van der Waals surface area contributed by atoms with Crippen LogP contribution in [0.4, 0.5) is 15.8 Å². The molecule has 0 fully saturated rings. The SMILES string of the molecule is COc1cc(/C=N/NC(=O)c2cccc(F)c2)ccc1Oc1ccc([N+](=O)[O-])cc1[N+](=O)[O-]. The second kappa shape index (κ2) is 9.96. The Bertz CT molecular complexity index is 1260. The lowest BCUT2D eigenvalue weighted by Gasteiger charge is -2.11. The lowest BCUT2D eigenvalue weighted by atomic mass is 10.2. The van der Waals surface area contributed by atoms with Crippen molar-refractivity contribution in [2.24, 2.45) is 5.10 Å². The Morgan fingerprint density at radius 2 is 1.76 bits per heavy atom. The van der Waals surface area contributed by atoms with Crippen molar-refractivity contribution >= 4 is 23.5 Å². The van der Waals surface area contributed by atoms with Gasteiger partial charge in [-0.3, -0.25) is 25.0 Å². The number of hydrazone groups is 1. The summed E-state index contributed by atoms with van der Waals surface area (Å²) in [7, 11) is 1.35. The van der Waals surface area contributed by atoms with Crippen molar-refractivity contribution < 1.29 is 28.5 Å². The van der Waals surface area contributed by atoms with Gasteiger partial charge in [0.15, 0.2) is 11.5 Å². The molecule has 0 saturated heterocycles. The van der Waals surface area contributed by atoms with Crippen LogP contribution in [-0.2, 0) is 0 Å². The number of methoxy groups -OCH3 is 1. The van der Waals surface area contributed by atoms with Gasteiger partial charge in [-0.25, -0.2) is 9.82 Å². The average Bonchev–Trinajstić information content (AvgIpc) is 2.79. The molecule has 0 bridgehead atoms. The summed E-state index contributed by atoms with van der Waals surface area (Å²) in [6, 6.07) is 12.6. The zero-order chi connectivity index (χ0) is 24.0. The van der Waals surface area contributed by atoms with E-state index in [0.717, 1.165) is 24.3 Å². The van der Waals surface area contributed by atoms with Gasteiger partial charge in [-0.05, 0) is 48.0 Å². The third-order valence-corrected chi connectivity index (χ3v) is 4.22. The van der Waals surface area contributed by atoms with Gasteiger partial charge in [0, 0.05) is 11.6 Å². The third kappa shape index (κ3) is 5.64. The van der Waals surface area contributed by atoms with E-state index < -0.39 is 32.9 Å². The molecule has 33 heavy (non-hydrogen) atoms. The number of hydrogen-bond acceptors (Lipinski definition) is 8. The van der Waals surface area contributed by atoms with E-state index in [1.807, 2.05) is 0 Å². The Hall–Kier alpha value is -4.87. The highest BCUT2D eigenvalue weighted by Crippen LogP contribution is 2.38. The molecule has 0 unspecified atom stereocenters. The first-order valence-corrected chi connectivity index (χ1v) is 9.16. The zero-order valence-corrected chi connectivity index (χ0v) is 16.9. The number of benzene rings is 3. The standard InChI is InChI=1S/C21H15FN4O7/c1-32-20-9-13(12-23-24-21(27)14-3-2-4-15(22)10-14)5-7-19(20)33-18-8-6-16(25(28)29)11-17(18)26(30)31/h2-12H,1H3,(H,24,27)/b23-12+. The van der Waals surface area contributed by atoms with Gasteiger partial charge in [0.25, 0.3) is 11.6 Å². The molecule has 0 spiro atoms. The van der Waals surface area contributed by atoms with Gasteiger partial charge in [-0.1, -0.05) is 6.07 Å². The normalized spacial score (nSPS) is 10.6. The number of carbonyl (C=O) groups excluding carboxylic acids is 1. The van der Waals surface area contributed by atoms with E-state index in [1.165, 1.54) is 49.7 Å². The smallest absolute Gasteiger partial charge is 0.318 e. The minimum atomic E-state index is -0.795. The van der Waals surface area contributed by atoms with Crippen LogP contribution in [0.1, 0.15) is 15.9 Å². The number of hydrogen-bond donors (Lipinski definition) is 1. The molecule has 0 atom stereocenters. The van der Waals surface area contributed by atoms with Gasteiger partial charge in [0.05, 0.1) is 29.2 Å². The van der Waals surface area contributed by atoms with Crippen LogP contribution in [0, 0.1) is 26.0 Å². The van der Waals surface area contributed by atoms with Crippen LogP contribution in [0.2, 0.25) is 0 Å². The molecule has 3 aromatic carbocycles. The van der Waals surface area contributed by atoms with Gasteiger partial charge in [0.1, 0.15) is 5.82 Å². The highest BCUT2D eigenvalue weighted by molar-refractivity contribution is 5.94. The maximum atomic E-state index is 13.2. The Labute approximate surface area is 185 Å². The van der Waals surface area contributed by atoms with Crippen molar-refractivity contribution in [2.45, 2.75) is 0 Å². The number of nitro groups is 2. The zero-order valence-electron chi connectivity index (χ0n) is 16.9. The molecule has 0 radical (unpaired) electrons. The van der Waals surface area contributed by atoms with Crippen LogP contribution in [0.15, 0.2) is 65.8 Å². The first-order chi connectivity index (χ1) is 15.8. The topological polar surface area (TPSA) is 146 Å². The van der Waals surface area contributed by atoms with E-state index in [2.05, 4.69) is 10.5 Å². The maximum absolute atomic E-state index is 13.2. The number of ether oxygens (including phenoxy) is 2. The van der Waals surface area contributed by atoms with Gasteiger partial charge >= 0.3 is 5.69 Å². The van der Waals surface area contributed by atoms with E-state index in [0.29, 0.717) is 5.56 Å². The van der Waals surface area contributed by atoms with Crippen LogP contribution in [0.5, 0.6) is 17.2 Å². The number of nitro benzene ring substituents is 2. The van der Waals surface area contributed by atoms with Crippen LogP contribution < -0.4 is 14.9 Å². The summed E-state index contributed by atoms with van der Waals surface area (Å²) in [5.41, 5.74) is 1.80. The molecule has 0 heterocycles. The Balaban J connectivity index is 1.77. The highest BCUT2D eigenvalue weighted by atomic mass is 19.1. The molecule has 12 heteroatoms. The molecule has 11 nitrogen and oxygen atoms in total. The molecule has 3 aromatic rings. The van der Waals surface area contributed by atoms with E-state index in [1.54, 1.807) is 0 Å². The van der Waals surface area contributed by atoms with E-state index in [4.69, 9.17) is 9.47 Å². The molecular weight excluding hydrogens is 439 g/mol. The number of nitrogens with one attached hydrogen (secondary N) is 1. The summed E-state index contributed by atoms with van der Waals surface area (Å²) in [4.78, 5) is 32.6. The Morgan fingerprint density at radius 1 is 1.00 bits per heavy atom. The van der Waals surface area contributed by atoms with Crippen LogP contribution >= 0.6 is 0 Å². The summed E-state index contributed by atoms with van der Waals surface area (Å²) in [6.07, 6.45) is 1.30. The summed E-state index contributed by atoms with van der Waals surface area (Å²) in [5.74, 6) is -1.09. The fourth-order valence-electron chi connectivity index (χ4n) is 2.68. The second-order valence-corrected chi connectivity index (χ2v) is 6.39. The van der Waals surface area contributed by atoms with Crippen LogP contribution in [0.3, 0.4) is 0 Å². The minimum absolute atomic E-state index is 0.0955. The fraction of sp³-hybridized carbons (Fsp3) is 0.0476. The molecular formula is C21H15FN4O7. The quantitative estimate of drug-likeness (QED) is 0.305. The first-order valence-electron chi connectivity index (χ1n) is 9.16. The summed E-state index contributed by atoms with van der Waals surface area (Å²) in [5, 5.41) is 26.0. The molecule has 0 aromatic heterocycles. The molecule has 168 valence electrons. The van der Waals surface area contributed by atoms with Crippen LogP contribution in [0.25, 0.3) is 0 Å². The van der Waals surface area contributed by atoms with E-state index in [-0.39, 0.29) is 22.8 Å². The highest BCUT2D eigenvalue weighted by Gasteiger charge is 2.22. The van der Waals surface area contributed by atoms with Crippen molar-refractivity contribution in [2.75, 3.05) is 7.11 Å². The Kier molecular flexibility index (Phi) is 6.88. The minimum Gasteiger partial charge on any atom is -0.493 e. The van der Waals surface area contributed by atoms with Crippen molar-refractivity contribution in [3.63, 3.8) is 0 Å².